The van der Waals surface area contributed by atoms with Gasteiger partial charge in [0, 0.05) is 24.8 Å². The van der Waals surface area contributed by atoms with Crippen LogP contribution >= 0.6 is 0 Å². The molecule has 1 N–H and O–H groups in total. The highest BCUT2D eigenvalue weighted by atomic mass is 16.5. The van der Waals surface area contributed by atoms with Crippen LogP contribution in [0.2, 0.25) is 0 Å². The molecule has 0 spiro atoms. The highest BCUT2D eigenvalue weighted by Crippen LogP contribution is 2.22. The van der Waals surface area contributed by atoms with Gasteiger partial charge < -0.3 is 14.8 Å². The van der Waals surface area contributed by atoms with E-state index >= 15 is 0 Å². The minimum Gasteiger partial charge on any atom is -0.497 e. The summed E-state index contributed by atoms with van der Waals surface area (Å²) in [6.45, 7) is 0.140. The number of rotatable bonds is 8. The topological polar surface area (TPSA) is 91.6 Å². The van der Waals surface area contributed by atoms with Crippen LogP contribution in [0.1, 0.15) is 18.1 Å². The van der Waals surface area contributed by atoms with Crippen molar-refractivity contribution >= 4 is 28.6 Å². The van der Waals surface area contributed by atoms with Gasteiger partial charge in [-0.15, -0.1) is 0 Å². The summed E-state index contributed by atoms with van der Waals surface area (Å²) in [6, 6.07) is 23.0. The van der Waals surface area contributed by atoms with E-state index in [0.717, 1.165) is 11.0 Å². The third-order valence-corrected chi connectivity index (χ3v) is 5.54. The number of amides is 1. The van der Waals surface area contributed by atoms with Crippen molar-refractivity contribution in [3.63, 3.8) is 0 Å². The van der Waals surface area contributed by atoms with E-state index in [0.29, 0.717) is 17.0 Å². The molecule has 8 nitrogen and oxygen atoms in total. The molecule has 4 rings (SSSR count). The van der Waals surface area contributed by atoms with Crippen molar-refractivity contribution in [2.75, 3.05) is 12.4 Å². The third kappa shape index (κ3) is 4.85. The zero-order valence-electron chi connectivity index (χ0n) is 18.9. The highest BCUT2D eigenvalue weighted by Gasteiger charge is 2.25. The molecular formula is C26H25N3O5. The molecule has 1 atom stereocenters. The van der Waals surface area contributed by atoms with Crippen molar-refractivity contribution in [3.8, 4) is 5.75 Å². The van der Waals surface area contributed by atoms with Crippen LogP contribution in [0.5, 0.6) is 5.75 Å². The van der Waals surface area contributed by atoms with Crippen molar-refractivity contribution in [1.82, 2.24) is 9.13 Å². The number of hydrogen-bond donors (Lipinski definition) is 1. The van der Waals surface area contributed by atoms with E-state index in [4.69, 9.17) is 9.47 Å². The number of aryl methyl sites for hydroxylation is 2. The molecule has 0 aliphatic rings. The Morgan fingerprint density at radius 3 is 2.24 bits per heavy atom. The fourth-order valence-electron chi connectivity index (χ4n) is 3.76. The molecule has 1 unspecified atom stereocenters. The second-order valence-electron chi connectivity index (χ2n) is 7.73. The molecule has 0 radical (unpaired) electrons. The molecule has 174 valence electrons. The summed E-state index contributed by atoms with van der Waals surface area (Å²) in [5, 5.41) is 2.78. The number of nitrogens with one attached hydrogen (secondary N) is 1. The summed E-state index contributed by atoms with van der Waals surface area (Å²) in [5.74, 6) is -0.404. The van der Waals surface area contributed by atoms with Gasteiger partial charge in [0.2, 0.25) is 6.10 Å². The first kappa shape index (κ1) is 22.8. The van der Waals surface area contributed by atoms with Crippen molar-refractivity contribution in [3.05, 3.63) is 94.9 Å². The molecule has 4 aromatic rings. The van der Waals surface area contributed by atoms with Gasteiger partial charge in [-0.2, -0.15) is 0 Å². The van der Waals surface area contributed by atoms with Gasteiger partial charge in [-0.25, -0.2) is 4.79 Å². The maximum atomic E-state index is 13.0. The predicted octanol–water partition coefficient (Wildman–Crippen LogP) is 3.66. The number of anilines is 1. The maximum Gasteiger partial charge on any atom is 0.328 e. The van der Waals surface area contributed by atoms with Gasteiger partial charge in [-0.05, 0) is 36.4 Å². The number of imidazole rings is 1. The van der Waals surface area contributed by atoms with E-state index < -0.39 is 18.0 Å². The second kappa shape index (κ2) is 10.1. The van der Waals surface area contributed by atoms with Crippen LogP contribution in [-0.4, -0.2) is 28.1 Å². The number of esters is 1. The lowest BCUT2D eigenvalue weighted by Gasteiger charge is -2.18. The monoisotopic (exact) mass is 459 g/mol. The normalized spacial score (nSPS) is 11.7. The molecule has 1 aromatic heterocycles. The molecule has 0 fully saturated rings. The lowest BCUT2D eigenvalue weighted by Crippen LogP contribution is -2.27. The van der Waals surface area contributed by atoms with Crippen LogP contribution in [0, 0.1) is 0 Å². The zero-order chi connectivity index (χ0) is 24.1. The Morgan fingerprint density at radius 2 is 1.56 bits per heavy atom. The molecule has 0 aliphatic heterocycles. The number of carbonyl (C=O) groups excluding carboxylic acids is 2. The number of hydrogen-bond acceptors (Lipinski definition) is 5. The van der Waals surface area contributed by atoms with Gasteiger partial charge in [0.05, 0.1) is 24.6 Å². The number of benzene rings is 3. The molecule has 0 bridgehead atoms. The standard InChI is InChI=1S/C26H25N3O5/c1-28-21-10-6-7-11-22(21)29(26(28)32)17-16-23(30)34-24(18-8-4-3-5-9-18)25(31)27-19-12-14-20(33-2)15-13-19/h3-15,24H,16-17H2,1-2H3,(H,27,31). The van der Waals surface area contributed by atoms with Gasteiger partial charge >= 0.3 is 11.7 Å². The van der Waals surface area contributed by atoms with Gasteiger partial charge in [-0.1, -0.05) is 42.5 Å². The maximum absolute atomic E-state index is 13.0. The van der Waals surface area contributed by atoms with Crippen molar-refractivity contribution in [1.29, 1.82) is 0 Å². The third-order valence-electron chi connectivity index (χ3n) is 5.54. The van der Waals surface area contributed by atoms with Crippen LogP contribution < -0.4 is 15.7 Å². The fraction of sp³-hybridized carbons (Fsp3) is 0.192. The summed E-state index contributed by atoms with van der Waals surface area (Å²) < 4.78 is 13.8. The lowest BCUT2D eigenvalue weighted by molar-refractivity contribution is -0.155. The Bertz CT molecular complexity index is 1360. The first-order chi connectivity index (χ1) is 16.5. The fourth-order valence-corrected chi connectivity index (χ4v) is 3.76. The lowest BCUT2D eigenvalue weighted by atomic mass is 10.1. The van der Waals surface area contributed by atoms with Crippen molar-refractivity contribution < 1.29 is 19.1 Å². The van der Waals surface area contributed by atoms with Gasteiger partial charge in [0.1, 0.15) is 5.75 Å². The number of methoxy groups -OCH3 is 1. The van der Waals surface area contributed by atoms with Crippen LogP contribution in [0.4, 0.5) is 5.69 Å². The number of ether oxygens (including phenoxy) is 2. The Hall–Kier alpha value is -4.33. The number of aromatic nitrogens is 2. The smallest absolute Gasteiger partial charge is 0.328 e. The summed E-state index contributed by atoms with van der Waals surface area (Å²) in [6.07, 6.45) is -1.20. The second-order valence-corrected chi connectivity index (χ2v) is 7.73. The van der Waals surface area contributed by atoms with Crippen LogP contribution in [0.3, 0.4) is 0 Å². The molecular weight excluding hydrogens is 434 g/mol. The molecule has 0 saturated heterocycles. The number of nitrogens with zero attached hydrogens (tertiary/aromatic N) is 2. The number of fused-ring (bicyclic) bond motifs is 1. The Morgan fingerprint density at radius 1 is 0.912 bits per heavy atom. The first-order valence-corrected chi connectivity index (χ1v) is 10.8. The van der Waals surface area contributed by atoms with Gasteiger partial charge in [0.25, 0.3) is 5.91 Å². The molecule has 3 aromatic carbocycles. The predicted molar refractivity (Wildman–Crippen MR) is 129 cm³/mol. The SMILES string of the molecule is COc1ccc(NC(=O)C(OC(=O)CCn2c(=O)n(C)c3ccccc32)c2ccccc2)cc1. The molecule has 0 saturated carbocycles. The largest absolute Gasteiger partial charge is 0.497 e. The van der Waals surface area contributed by atoms with Crippen LogP contribution in [0.15, 0.2) is 83.7 Å². The van der Waals surface area contributed by atoms with E-state index in [1.165, 1.54) is 9.13 Å². The number of carbonyl (C=O) groups is 2. The van der Waals surface area contributed by atoms with E-state index in [1.807, 2.05) is 30.3 Å². The van der Waals surface area contributed by atoms with E-state index in [1.54, 1.807) is 62.7 Å². The van der Waals surface area contributed by atoms with E-state index in [2.05, 4.69) is 5.32 Å². The Labute approximate surface area is 196 Å². The quantitative estimate of drug-likeness (QED) is 0.406. The Balaban J connectivity index is 1.49. The van der Waals surface area contributed by atoms with E-state index in [-0.39, 0.29) is 18.7 Å². The summed E-state index contributed by atoms with van der Waals surface area (Å²) >= 11 is 0. The van der Waals surface area contributed by atoms with Crippen molar-refractivity contribution in [2.24, 2.45) is 7.05 Å². The first-order valence-electron chi connectivity index (χ1n) is 10.8. The summed E-state index contributed by atoms with van der Waals surface area (Å²) in [4.78, 5) is 38.4. The molecule has 0 aliphatic carbocycles. The van der Waals surface area contributed by atoms with Crippen LogP contribution in [-0.2, 0) is 27.9 Å². The number of para-hydroxylation sites is 2. The van der Waals surface area contributed by atoms with Gasteiger partial charge in [0.15, 0.2) is 0 Å². The average molecular weight is 460 g/mol. The molecule has 8 heteroatoms. The zero-order valence-corrected chi connectivity index (χ0v) is 18.9. The average Bonchev–Trinajstić information content (AvgIpc) is 3.11. The molecule has 1 amide bonds. The van der Waals surface area contributed by atoms with E-state index in [9.17, 15) is 14.4 Å². The summed E-state index contributed by atoms with van der Waals surface area (Å²) in [5.41, 5.74) is 2.39. The molecule has 34 heavy (non-hydrogen) atoms. The molecule has 1 heterocycles. The summed E-state index contributed by atoms with van der Waals surface area (Å²) in [7, 11) is 3.25. The van der Waals surface area contributed by atoms with Crippen molar-refractivity contribution in [2.45, 2.75) is 19.1 Å². The van der Waals surface area contributed by atoms with Crippen LogP contribution in [0.25, 0.3) is 11.0 Å². The minimum atomic E-state index is -1.14. The highest BCUT2D eigenvalue weighted by molar-refractivity contribution is 5.96. The van der Waals surface area contributed by atoms with Gasteiger partial charge in [-0.3, -0.25) is 18.7 Å². The Kier molecular flexibility index (Phi) is 6.77. The minimum absolute atomic E-state index is 0.0624.